The van der Waals surface area contributed by atoms with Crippen LogP contribution in [0.25, 0.3) is 0 Å². The Kier molecular flexibility index (Phi) is 3.19. The van der Waals surface area contributed by atoms with Crippen LogP contribution in [0, 0.1) is 0 Å². The van der Waals surface area contributed by atoms with Gasteiger partial charge in [-0.2, -0.15) is 4.39 Å². The second-order valence-electron chi connectivity index (χ2n) is 0.413. The van der Waals surface area contributed by atoms with Gasteiger partial charge < -0.3 is 0 Å². The highest BCUT2D eigenvalue weighted by Gasteiger charge is 1.72. The minimum Gasteiger partial charge on any atom is -0.194 e. The van der Waals surface area contributed by atoms with Gasteiger partial charge in [-0.25, -0.2) is 0 Å². The van der Waals surface area contributed by atoms with Gasteiger partial charge in [0.05, 0.1) is 0 Å². The molecule has 0 saturated heterocycles. The largest absolute Gasteiger partial charge is 0.194 e. The minimum atomic E-state index is -0.550. The molecule has 0 aliphatic heterocycles. The van der Waals surface area contributed by atoms with Gasteiger partial charge in [0.25, 0.3) is 0 Å². The zero-order valence-electron chi connectivity index (χ0n) is 2.24. The maximum atomic E-state index is 11.1. The van der Waals surface area contributed by atoms with E-state index in [2.05, 4.69) is 12.6 Å². The predicted molar refractivity (Wildman–Crippen MR) is 30.8 cm³/mol. The number of hydrogen-bond acceptors (Lipinski definition) is 0. The summed E-state index contributed by atoms with van der Waals surface area (Å²) in [5.41, 5.74) is 0. The zero-order chi connectivity index (χ0) is 4.28. The van der Waals surface area contributed by atoms with Gasteiger partial charge in [0, 0.05) is 4.08 Å². The Bertz CT molecular complexity index is 47.6. The summed E-state index contributed by atoms with van der Waals surface area (Å²) < 4.78 is 12.3. The topological polar surface area (TPSA) is 0 Å². The fraction of sp³-hybridized carbons (Fsp3) is 0. The van der Waals surface area contributed by atoms with Crippen LogP contribution in [0.2, 0.25) is 0 Å². The van der Waals surface area contributed by atoms with Crippen molar-refractivity contribution in [2.45, 2.75) is 0 Å². The van der Waals surface area contributed by atoms with Crippen LogP contribution in [0.5, 0.6) is 0 Å². The fourth-order valence-electron chi connectivity index (χ4n) is 0. The molecule has 0 nitrogen and oxygen atoms in total. The van der Waals surface area contributed by atoms with Gasteiger partial charge in [-0.15, -0.1) is 0 Å². The Balaban J connectivity index is 3.14. The molecule has 0 spiro atoms. The van der Waals surface area contributed by atoms with E-state index in [4.69, 9.17) is 0 Å². The van der Waals surface area contributed by atoms with E-state index in [-0.39, 0.29) is 0 Å². The molecule has 0 amide bonds. The maximum absolute atomic E-state index is 11.1. The van der Waals surface area contributed by atoms with Crippen LogP contribution in [0.1, 0.15) is 0 Å². The summed E-state index contributed by atoms with van der Waals surface area (Å²) in [7, 11) is 0. The average Bonchev–Trinajstić information content (AvgIpc) is 1.38. The monoisotopic (exact) mass is 203 g/mol. The standard InChI is InChI=1S/C2HFIS/c3-2(5)1-4/h1H/b2-1+. The van der Waals surface area contributed by atoms with Crippen molar-refractivity contribution in [1.82, 2.24) is 0 Å². The van der Waals surface area contributed by atoms with Crippen LogP contribution in [-0.2, 0) is 0 Å². The Morgan fingerprint density at radius 1 is 2.00 bits per heavy atom. The molecule has 0 aliphatic carbocycles. The molecule has 0 fully saturated rings. The maximum Gasteiger partial charge on any atom is 0.192 e. The van der Waals surface area contributed by atoms with E-state index in [0.29, 0.717) is 0 Å². The van der Waals surface area contributed by atoms with E-state index in [1.807, 2.05) is 0 Å². The summed E-state index contributed by atoms with van der Waals surface area (Å²) in [6.07, 6.45) is 0. The third-order valence-corrected chi connectivity index (χ3v) is 1.17. The molecule has 3 heteroatoms. The normalized spacial score (nSPS) is 12.0. The molecule has 0 N–H and O–H groups in total. The van der Waals surface area contributed by atoms with Crippen molar-refractivity contribution in [3.8, 4) is 0 Å². The smallest absolute Gasteiger partial charge is 0.192 e. The Morgan fingerprint density at radius 2 is 2.20 bits per heavy atom. The van der Waals surface area contributed by atoms with Crippen molar-refractivity contribution in [2.24, 2.45) is 0 Å². The third-order valence-electron chi connectivity index (χ3n) is 0.0858. The first-order valence-electron chi connectivity index (χ1n) is 0.900. The molecular formula is C2HFIS. The van der Waals surface area contributed by atoms with Gasteiger partial charge >= 0.3 is 0 Å². The molecule has 0 aromatic heterocycles. The Morgan fingerprint density at radius 3 is 2.20 bits per heavy atom. The van der Waals surface area contributed by atoms with Crippen molar-refractivity contribution in [2.75, 3.05) is 0 Å². The first-order valence-corrected chi connectivity index (χ1v) is 2.55. The zero-order valence-corrected chi connectivity index (χ0v) is 5.22. The first kappa shape index (κ1) is 5.62. The fourth-order valence-corrected chi connectivity index (χ4v) is 0. The van der Waals surface area contributed by atoms with Gasteiger partial charge in [-0.3, -0.25) is 0 Å². The van der Waals surface area contributed by atoms with Crippen molar-refractivity contribution in [3.63, 3.8) is 0 Å². The van der Waals surface area contributed by atoms with Crippen molar-refractivity contribution in [1.29, 1.82) is 0 Å². The SMILES string of the molecule is F/C([S])=C\I. The van der Waals surface area contributed by atoms with E-state index in [1.54, 1.807) is 22.6 Å². The number of hydrogen-bond donors (Lipinski definition) is 0. The molecule has 0 rings (SSSR count). The highest BCUT2D eigenvalue weighted by Crippen LogP contribution is 2.02. The highest BCUT2D eigenvalue weighted by atomic mass is 127. The second-order valence-corrected chi connectivity index (χ2v) is 1.43. The summed E-state index contributed by atoms with van der Waals surface area (Å²) in [5, 5.41) is -0.550. The van der Waals surface area contributed by atoms with Gasteiger partial charge in [0.15, 0.2) is 5.16 Å². The molecule has 0 heterocycles. The molecule has 5 heavy (non-hydrogen) atoms. The number of rotatable bonds is 0. The van der Waals surface area contributed by atoms with E-state index < -0.39 is 5.16 Å². The van der Waals surface area contributed by atoms with E-state index in [9.17, 15) is 4.39 Å². The first-order chi connectivity index (χ1) is 2.27. The van der Waals surface area contributed by atoms with Crippen LogP contribution >= 0.6 is 35.2 Å². The van der Waals surface area contributed by atoms with Crippen molar-refractivity contribution < 1.29 is 4.39 Å². The minimum absolute atomic E-state index is 0.550. The van der Waals surface area contributed by atoms with Crippen molar-refractivity contribution >= 4 is 35.2 Å². The average molecular weight is 203 g/mol. The van der Waals surface area contributed by atoms with E-state index in [0.717, 1.165) is 0 Å². The van der Waals surface area contributed by atoms with Crippen LogP contribution in [0.3, 0.4) is 0 Å². The van der Waals surface area contributed by atoms with Crippen LogP contribution < -0.4 is 0 Å². The summed E-state index contributed by atoms with van der Waals surface area (Å²) in [6.45, 7) is 0. The summed E-state index contributed by atoms with van der Waals surface area (Å²) in [6, 6.07) is 0. The van der Waals surface area contributed by atoms with Crippen LogP contribution in [0.15, 0.2) is 9.24 Å². The van der Waals surface area contributed by atoms with E-state index >= 15 is 0 Å². The molecule has 0 aliphatic rings. The third kappa shape index (κ3) is 4.62. The second kappa shape index (κ2) is 2.84. The highest BCUT2D eigenvalue weighted by molar-refractivity contribution is 14.1. The molecule has 0 aromatic rings. The summed E-state index contributed by atoms with van der Waals surface area (Å²) >= 11 is 5.70. The van der Waals surface area contributed by atoms with Crippen LogP contribution in [0.4, 0.5) is 4.39 Å². The number of halogens is 2. The lowest BCUT2D eigenvalue weighted by molar-refractivity contribution is 0.705. The molecule has 0 aromatic carbocycles. The Labute approximate surface area is 49.0 Å². The summed E-state index contributed by atoms with van der Waals surface area (Å²) in [5.74, 6) is 0. The van der Waals surface area contributed by atoms with Gasteiger partial charge in [0.1, 0.15) is 0 Å². The van der Waals surface area contributed by atoms with E-state index in [1.165, 1.54) is 4.08 Å². The van der Waals surface area contributed by atoms with Gasteiger partial charge in [0.2, 0.25) is 0 Å². The Hall–Kier alpha value is 0.620. The lowest BCUT2D eigenvalue weighted by atomic mass is 11.2. The van der Waals surface area contributed by atoms with Gasteiger partial charge in [-0.1, -0.05) is 0 Å². The molecule has 0 saturated carbocycles. The summed E-state index contributed by atoms with van der Waals surface area (Å²) in [4.78, 5) is 0. The molecule has 1 radical (unpaired) electrons. The van der Waals surface area contributed by atoms with Gasteiger partial charge in [-0.05, 0) is 35.2 Å². The lowest BCUT2D eigenvalue weighted by Crippen LogP contribution is -1.36. The molecule has 0 bridgehead atoms. The molecule has 0 unspecified atom stereocenters. The van der Waals surface area contributed by atoms with Crippen LogP contribution in [-0.4, -0.2) is 0 Å². The van der Waals surface area contributed by atoms with Crippen molar-refractivity contribution in [3.05, 3.63) is 9.24 Å². The molecular weight excluding hydrogens is 202 g/mol. The predicted octanol–water partition coefficient (Wildman–Crippen LogP) is 2.39. The molecule has 29 valence electrons. The lowest BCUT2D eigenvalue weighted by Gasteiger charge is -1.63. The molecule has 0 atom stereocenters. The quantitative estimate of drug-likeness (QED) is 0.530.